The van der Waals surface area contributed by atoms with Gasteiger partial charge in [-0.2, -0.15) is 5.10 Å². The molecular formula is C23H20N4O6. The van der Waals surface area contributed by atoms with Crippen molar-refractivity contribution in [1.29, 1.82) is 0 Å². The largest absolute Gasteiger partial charge is 0.504 e. The molecule has 0 saturated carbocycles. The van der Waals surface area contributed by atoms with E-state index in [2.05, 4.69) is 15.8 Å². The first-order valence-electron chi connectivity index (χ1n) is 9.66. The summed E-state index contributed by atoms with van der Waals surface area (Å²) in [5.74, 6) is -1.27. The van der Waals surface area contributed by atoms with E-state index < -0.39 is 10.8 Å². The van der Waals surface area contributed by atoms with Gasteiger partial charge in [-0.1, -0.05) is 18.2 Å². The average molecular weight is 448 g/mol. The van der Waals surface area contributed by atoms with Gasteiger partial charge in [0, 0.05) is 28.4 Å². The van der Waals surface area contributed by atoms with Crippen molar-refractivity contribution >= 4 is 29.4 Å². The zero-order valence-corrected chi connectivity index (χ0v) is 17.7. The number of carbonyl (C=O) groups excluding carboxylic acids is 2. The summed E-state index contributed by atoms with van der Waals surface area (Å²) in [5, 5.41) is 27.6. The number of methoxy groups -OCH3 is 1. The minimum Gasteiger partial charge on any atom is -0.504 e. The number of nitro groups is 1. The van der Waals surface area contributed by atoms with Crippen LogP contribution < -0.4 is 15.5 Å². The third-order valence-electron chi connectivity index (χ3n) is 4.68. The number of rotatable bonds is 7. The van der Waals surface area contributed by atoms with Crippen molar-refractivity contribution in [3.05, 3.63) is 93.0 Å². The van der Waals surface area contributed by atoms with E-state index >= 15 is 0 Å². The van der Waals surface area contributed by atoms with Crippen LogP contribution >= 0.6 is 0 Å². The van der Waals surface area contributed by atoms with E-state index in [1.165, 1.54) is 19.2 Å². The lowest BCUT2D eigenvalue weighted by molar-refractivity contribution is -0.385. The monoisotopic (exact) mass is 448 g/mol. The second kappa shape index (κ2) is 10.1. The molecule has 168 valence electrons. The zero-order chi connectivity index (χ0) is 24.0. The Balaban J connectivity index is 1.66. The third-order valence-corrected chi connectivity index (χ3v) is 4.68. The number of non-ortho nitro benzene ring substituents is 1. The van der Waals surface area contributed by atoms with Gasteiger partial charge in [0.05, 0.1) is 24.3 Å². The molecule has 0 radical (unpaired) electrons. The molecule has 0 aromatic heterocycles. The number of carbonyl (C=O) groups is 2. The number of phenolic OH excluding ortho intramolecular Hbond substituents is 1. The van der Waals surface area contributed by atoms with Crippen LogP contribution in [-0.4, -0.2) is 35.2 Å². The lowest BCUT2D eigenvalue weighted by Gasteiger charge is -2.08. The van der Waals surface area contributed by atoms with Crippen molar-refractivity contribution in [2.24, 2.45) is 5.10 Å². The van der Waals surface area contributed by atoms with Gasteiger partial charge in [0.1, 0.15) is 0 Å². The van der Waals surface area contributed by atoms with Crippen molar-refractivity contribution in [1.82, 2.24) is 5.43 Å². The molecule has 0 bridgehead atoms. The molecule has 0 spiro atoms. The Morgan fingerprint density at radius 1 is 1.09 bits per heavy atom. The van der Waals surface area contributed by atoms with Crippen molar-refractivity contribution < 1.29 is 24.4 Å². The standard InChI is InChI=1S/C23H20N4O6/c1-14-5-3-4-6-19(14)23(30)25-17-9-7-15(8-10-17)22(29)26-24-13-16-11-18(27(31)32)12-20(33-2)21(16)28/h3-13,28H,1-2H3,(H,25,30)(H,26,29)/b24-13+. The van der Waals surface area contributed by atoms with Gasteiger partial charge < -0.3 is 15.2 Å². The number of hydrogen-bond acceptors (Lipinski definition) is 7. The molecule has 0 atom stereocenters. The number of nitro benzene ring substituents is 1. The van der Waals surface area contributed by atoms with Crippen LogP contribution in [0.15, 0.2) is 65.8 Å². The summed E-state index contributed by atoms with van der Waals surface area (Å²) in [6.07, 6.45) is 1.07. The van der Waals surface area contributed by atoms with Crippen LogP contribution in [0.5, 0.6) is 11.5 Å². The lowest BCUT2D eigenvalue weighted by Crippen LogP contribution is -2.18. The Morgan fingerprint density at radius 2 is 1.79 bits per heavy atom. The molecule has 0 aliphatic rings. The number of benzene rings is 3. The summed E-state index contributed by atoms with van der Waals surface area (Å²) < 4.78 is 4.91. The highest BCUT2D eigenvalue weighted by molar-refractivity contribution is 6.05. The average Bonchev–Trinajstić information content (AvgIpc) is 2.80. The first-order chi connectivity index (χ1) is 15.8. The van der Waals surface area contributed by atoms with Crippen molar-refractivity contribution in [2.45, 2.75) is 6.92 Å². The van der Waals surface area contributed by atoms with Crippen LogP contribution in [0.25, 0.3) is 0 Å². The number of nitrogens with one attached hydrogen (secondary N) is 2. The highest BCUT2D eigenvalue weighted by Crippen LogP contribution is 2.33. The minimum atomic E-state index is -0.642. The van der Waals surface area contributed by atoms with Crippen molar-refractivity contribution in [3.63, 3.8) is 0 Å². The topological polar surface area (TPSA) is 143 Å². The van der Waals surface area contributed by atoms with E-state index in [1.54, 1.807) is 24.3 Å². The van der Waals surface area contributed by atoms with E-state index in [9.17, 15) is 24.8 Å². The number of amides is 2. The maximum absolute atomic E-state index is 12.4. The predicted molar refractivity (Wildman–Crippen MR) is 122 cm³/mol. The molecule has 2 amide bonds. The van der Waals surface area contributed by atoms with Crippen LogP contribution in [0.1, 0.15) is 31.8 Å². The van der Waals surface area contributed by atoms with Crippen LogP contribution in [-0.2, 0) is 0 Å². The highest BCUT2D eigenvalue weighted by Gasteiger charge is 2.16. The fourth-order valence-corrected chi connectivity index (χ4v) is 2.93. The molecule has 33 heavy (non-hydrogen) atoms. The van der Waals surface area contributed by atoms with Gasteiger partial charge in [0.15, 0.2) is 11.5 Å². The molecule has 3 aromatic carbocycles. The number of phenols is 1. The second-order valence-electron chi connectivity index (χ2n) is 6.89. The Hall–Kier alpha value is -4.73. The Morgan fingerprint density at radius 3 is 2.42 bits per heavy atom. The molecule has 10 nitrogen and oxygen atoms in total. The smallest absolute Gasteiger partial charge is 0.274 e. The van der Waals surface area contributed by atoms with Gasteiger partial charge in [-0.25, -0.2) is 5.43 Å². The molecule has 0 saturated heterocycles. The molecule has 3 aromatic rings. The highest BCUT2D eigenvalue weighted by atomic mass is 16.6. The second-order valence-corrected chi connectivity index (χ2v) is 6.89. The first-order valence-corrected chi connectivity index (χ1v) is 9.66. The number of nitrogens with zero attached hydrogens (tertiary/aromatic N) is 2. The maximum atomic E-state index is 12.4. The van der Waals surface area contributed by atoms with Crippen molar-refractivity contribution in [2.75, 3.05) is 12.4 Å². The first kappa shape index (κ1) is 22.9. The van der Waals surface area contributed by atoms with Gasteiger partial charge in [-0.15, -0.1) is 0 Å². The van der Waals surface area contributed by atoms with Crippen LogP contribution in [0, 0.1) is 17.0 Å². The summed E-state index contributed by atoms with van der Waals surface area (Å²) in [6.45, 7) is 1.84. The summed E-state index contributed by atoms with van der Waals surface area (Å²) >= 11 is 0. The molecule has 0 heterocycles. The molecule has 3 rings (SSSR count). The van der Waals surface area contributed by atoms with E-state index in [-0.39, 0.29) is 34.2 Å². The Kier molecular flexibility index (Phi) is 6.99. The van der Waals surface area contributed by atoms with E-state index in [1.807, 2.05) is 19.1 Å². The number of hydrazone groups is 1. The van der Waals surface area contributed by atoms with Gasteiger partial charge in [-0.3, -0.25) is 19.7 Å². The lowest BCUT2D eigenvalue weighted by atomic mass is 10.1. The minimum absolute atomic E-state index is 0.00406. The maximum Gasteiger partial charge on any atom is 0.274 e. The van der Waals surface area contributed by atoms with E-state index in [0.29, 0.717) is 11.3 Å². The van der Waals surface area contributed by atoms with Crippen molar-refractivity contribution in [3.8, 4) is 11.5 Å². The van der Waals surface area contributed by atoms with Crippen LogP contribution in [0.3, 0.4) is 0 Å². The van der Waals surface area contributed by atoms with Gasteiger partial charge in [-0.05, 0) is 42.8 Å². The van der Waals surface area contributed by atoms with E-state index in [4.69, 9.17) is 4.74 Å². The summed E-state index contributed by atoms with van der Waals surface area (Å²) in [7, 11) is 1.26. The van der Waals surface area contributed by atoms with Gasteiger partial charge in [0.2, 0.25) is 0 Å². The number of aryl methyl sites for hydroxylation is 1. The molecule has 0 aliphatic heterocycles. The third kappa shape index (κ3) is 5.50. The van der Waals surface area contributed by atoms with Crippen LogP contribution in [0.2, 0.25) is 0 Å². The predicted octanol–water partition coefficient (Wildman–Crippen LogP) is 3.63. The number of hydrogen-bond donors (Lipinski definition) is 3. The number of aromatic hydroxyl groups is 1. The normalized spacial score (nSPS) is 10.6. The SMILES string of the molecule is COc1cc([N+](=O)[O-])cc(/C=N/NC(=O)c2ccc(NC(=O)c3ccccc3C)cc2)c1O. The number of ether oxygens (including phenoxy) is 1. The fourth-order valence-electron chi connectivity index (χ4n) is 2.93. The molecule has 0 fully saturated rings. The fraction of sp³-hybridized carbons (Fsp3) is 0.0870. The molecule has 10 heteroatoms. The summed E-state index contributed by atoms with van der Waals surface area (Å²) in [6, 6.07) is 15.5. The molecule has 0 aliphatic carbocycles. The zero-order valence-electron chi connectivity index (χ0n) is 17.7. The molecular weight excluding hydrogens is 428 g/mol. The number of anilines is 1. The Bertz CT molecular complexity index is 1240. The van der Waals surface area contributed by atoms with Crippen LogP contribution in [0.4, 0.5) is 11.4 Å². The van der Waals surface area contributed by atoms with Gasteiger partial charge >= 0.3 is 0 Å². The Labute approximate surface area is 188 Å². The van der Waals surface area contributed by atoms with Gasteiger partial charge in [0.25, 0.3) is 17.5 Å². The molecule has 3 N–H and O–H groups in total. The summed E-state index contributed by atoms with van der Waals surface area (Å²) in [4.78, 5) is 35.1. The summed E-state index contributed by atoms with van der Waals surface area (Å²) in [5.41, 5.74) is 4.14. The van der Waals surface area contributed by atoms with E-state index in [0.717, 1.165) is 23.9 Å². The quantitative estimate of drug-likeness (QED) is 0.286. The molecule has 0 unspecified atom stereocenters.